The summed E-state index contributed by atoms with van der Waals surface area (Å²) in [6.45, 7) is 4.27. The summed E-state index contributed by atoms with van der Waals surface area (Å²) >= 11 is 0. The number of carbonyl (C=O) groups is 1. The number of nitrogens with zero attached hydrogens (tertiary/aromatic N) is 3. The van der Waals surface area contributed by atoms with Crippen LogP contribution in [0.2, 0.25) is 0 Å². The van der Waals surface area contributed by atoms with E-state index in [0.29, 0.717) is 23.9 Å². The molecule has 1 heterocycles. The minimum absolute atomic E-state index is 0.0731. The molecule has 0 spiro atoms. The minimum Gasteiger partial charge on any atom is -0.394 e. The largest absolute Gasteiger partial charge is 0.394 e. The summed E-state index contributed by atoms with van der Waals surface area (Å²) in [5, 5.41) is 20.6. The number of hydrogen-bond acceptors (Lipinski definition) is 5. The lowest BCUT2D eigenvalue weighted by molar-refractivity contribution is -0.122. The lowest BCUT2D eigenvalue weighted by Gasteiger charge is -2.22. The Balaban J connectivity index is 1.91. The lowest BCUT2D eigenvalue weighted by atomic mass is 10.00. The van der Waals surface area contributed by atoms with E-state index in [1.54, 1.807) is 24.3 Å². The third kappa shape index (κ3) is 4.38. The van der Waals surface area contributed by atoms with Crippen molar-refractivity contribution in [2.75, 3.05) is 6.61 Å². The highest BCUT2D eigenvalue weighted by Gasteiger charge is 2.17. The molecule has 0 saturated carbocycles. The summed E-state index contributed by atoms with van der Waals surface area (Å²) in [6, 6.07) is 6.82. The summed E-state index contributed by atoms with van der Waals surface area (Å²) in [4.78, 5) is 24.3. The third-order valence-corrected chi connectivity index (χ3v) is 4.28. The Bertz CT molecular complexity index is 744. The van der Waals surface area contributed by atoms with Crippen molar-refractivity contribution in [3.8, 4) is 0 Å². The highest BCUT2D eigenvalue weighted by molar-refractivity contribution is 5.77. The van der Waals surface area contributed by atoms with Crippen LogP contribution in [-0.2, 0) is 11.3 Å². The second-order valence-electron chi connectivity index (χ2n) is 5.98. The van der Waals surface area contributed by atoms with Crippen LogP contribution in [0.4, 0.5) is 0 Å². The number of carbonyl (C=O) groups excluding carboxylic acids is 1. The van der Waals surface area contributed by atoms with Crippen LogP contribution in [0.15, 0.2) is 29.1 Å². The number of aliphatic hydroxyl groups is 1. The van der Waals surface area contributed by atoms with Gasteiger partial charge >= 0.3 is 0 Å². The van der Waals surface area contributed by atoms with E-state index in [-0.39, 0.29) is 36.5 Å². The number of benzene rings is 1. The molecule has 24 heavy (non-hydrogen) atoms. The zero-order valence-electron chi connectivity index (χ0n) is 14.1. The molecular weight excluding hydrogens is 308 g/mol. The molecule has 0 aliphatic rings. The molecule has 0 saturated heterocycles. The maximum atomic E-state index is 12.3. The van der Waals surface area contributed by atoms with Gasteiger partial charge in [0.1, 0.15) is 5.52 Å². The van der Waals surface area contributed by atoms with Crippen LogP contribution in [0.1, 0.15) is 33.1 Å². The Kier molecular flexibility index (Phi) is 6.43. The maximum absolute atomic E-state index is 12.3. The fourth-order valence-electron chi connectivity index (χ4n) is 2.49. The van der Waals surface area contributed by atoms with E-state index in [2.05, 4.69) is 15.6 Å². The number of nitrogens with one attached hydrogen (secondary N) is 1. The first kappa shape index (κ1) is 18.1. The van der Waals surface area contributed by atoms with Gasteiger partial charge in [-0.1, -0.05) is 37.6 Å². The van der Waals surface area contributed by atoms with E-state index >= 15 is 0 Å². The van der Waals surface area contributed by atoms with Crippen LogP contribution in [0.3, 0.4) is 0 Å². The number of amides is 1. The lowest BCUT2D eigenvalue weighted by Crippen LogP contribution is -2.41. The molecule has 1 aromatic carbocycles. The number of fused-ring (bicyclic) bond motifs is 1. The van der Waals surface area contributed by atoms with Gasteiger partial charge in [-0.15, -0.1) is 5.10 Å². The van der Waals surface area contributed by atoms with Gasteiger partial charge in [-0.05, 0) is 24.5 Å². The number of hydrogen-bond donors (Lipinski definition) is 2. The van der Waals surface area contributed by atoms with Crippen molar-refractivity contribution < 1.29 is 9.90 Å². The van der Waals surface area contributed by atoms with Gasteiger partial charge in [-0.3, -0.25) is 9.59 Å². The van der Waals surface area contributed by atoms with Crippen LogP contribution in [0.25, 0.3) is 10.9 Å². The maximum Gasteiger partial charge on any atom is 0.277 e. The van der Waals surface area contributed by atoms with Gasteiger partial charge in [-0.25, -0.2) is 4.68 Å². The van der Waals surface area contributed by atoms with Crippen molar-refractivity contribution >= 4 is 16.8 Å². The van der Waals surface area contributed by atoms with Gasteiger partial charge < -0.3 is 10.4 Å². The average molecular weight is 332 g/mol. The quantitative estimate of drug-likeness (QED) is 0.754. The molecule has 1 amide bonds. The molecule has 2 rings (SSSR count). The zero-order chi connectivity index (χ0) is 17.5. The van der Waals surface area contributed by atoms with Gasteiger partial charge in [0, 0.05) is 13.0 Å². The topological polar surface area (TPSA) is 97.1 Å². The summed E-state index contributed by atoms with van der Waals surface area (Å²) in [5.41, 5.74) is 0.365. The van der Waals surface area contributed by atoms with Crippen LogP contribution in [0, 0.1) is 5.92 Å². The summed E-state index contributed by atoms with van der Waals surface area (Å²) < 4.78 is 1.29. The fourth-order valence-corrected chi connectivity index (χ4v) is 2.49. The second-order valence-corrected chi connectivity index (χ2v) is 5.98. The van der Waals surface area contributed by atoms with Crippen molar-refractivity contribution in [3.63, 3.8) is 0 Å². The normalized spacial score (nSPS) is 13.6. The molecule has 0 bridgehead atoms. The van der Waals surface area contributed by atoms with Crippen molar-refractivity contribution in [2.45, 2.75) is 45.7 Å². The van der Waals surface area contributed by atoms with Crippen LogP contribution in [0.5, 0.6) is 0 Å². The molecule has 1 aromatic heterocycles. The molecule has 2 aromatic rings. The Morgan fingerprint density at radius 2 is 2.12 bits per heavy atom. The molecule has 130 valence electrons. The van der Waals surface area contributed by atoms with E-state index in [0.717, 1.165) is 6.42 Å². The summed E-state index contributed by atoms with van der Waals surface area (Å²) in [5.74, 6) is 0.0871. The van der Waals surface area contributed by atoms with Crippen molar-refractivity contribution in [1.29, 1.82) is 0 Å². The molecule has 0 aliphatic carbocycles. The number of rotatable bonds is 8. The molecule has 2 atom stereocenters. The fraction of sp³-hybridized carbons (Fsp3) is 0.529. The first-order valence-corrected chi connectivity index (χ1v) is 8.29. The smallest absolute Gasteiger partial charge is 0.277 e. The van der Waals surface area contributed by atoms with Crippen molar-refractivity contribution in [2.24, 2.45) is 5.92 Å². The van der Waals surface area contributed by atoms with E-state index in [1.807, 2.05) is 13.8 Å². The Labute approximate surface area is 140 Å². The standard InChI is InChI=1S/C17H24N4O3/c1-3-12(2)15(11-22)18-16(23)9-6-10-21-17(24)13-7-4-5-8-14(13)19-20-21/h4-5,7-8,12,15,22H,3,6,9-11H2,1-2H3,(H,18,23)/t12-,15+/m0/s1. The molecule has 0 aliphatic heterocycles. The van der Waals surface area contributed by atoms with E-state index in [9.17, 15) is 14.7 Å². The highest BCUT2D eigenvalue weighted by atomic mass is 16.3. The van der Waals surface area contributed by atoms with Crippen molar-refractivity contribution in [3.05, 3.63) is 34.6 Å². The van der Waals surface area contributed by atoms with Crippen LogP contribution >= 0.6 is 0 Å². The van der Waals surface area contributed by atoms with E-state index in [1.165, 1.54) is 4.68 Å². The molecule has 2 N–H and O–H groups in total. The van der Waals surface area contributed by atoms with Gasteiger partial charge in [0.25, 0.3) is 5.56 Å². The molecule has 0 fully saturated rings. The van der Waals surface area contributed by atoms with E-state index in [4.69, 9.17) is 0 Å². The third-order valence-electron chi connectivity index (χ3n) is 4.28. The summed E-state index contributed by atoms with van der Waals surface area (Å²) in [7, 11) is 0. The minimum atomic E-state index is -0.231. The Morgan fingerprint density at radius 1 is 1.38 bits per heavy atom. The molecule has 7 nitrogen and oxygen atoms in total. The van der Waals surface area contributed by atoms with Gasteiger partial charge in [-0.2, -0.15) is 0 Å². The van der Waals surface area contributed by atoms with Crippen LogP contribution < -0.4 is 10.9 Å². The first-order valence-electron chi connectivity index (χ1n) is 8.29. The van der Waals surface area contributed by atoms with Gasteiger partial charge in [0.15, 0.2) is 0 Å². The van der Waals surface area contributed by atoms with Crippen LogP contribution in [-0.4, -0.2) is 38.7 Å². The number of aliphatic hydroxyl groups excluding tert-OH is 1. The first-order chi connectivity index (χ1) is 11.6. The molecular formula is C17H24N4O3. The monoisotopic (exact) mass is 332 g/mol. The van der Waals surface area contributed by atoms with E-state index < -0.39 is 0 Å². The van der Waals surface area contributed by atoms with Crippen molar-refractivity contribution in [1.82, 2.24) is 20.3 Å². The molecule has 0 unspecified atom stereocenters. The molecule has 0 radical (unpaired) electrons. The Hall–Kier alpha value is -2.28. The Morgan fingerprint density at radius 3 is 2.83 bits per heavy atom. The van der Waals surface area contributed by atoms with Gasteiger partial charge in [0.2, 0.25) is 5.91 Å². The number of aromatic nitrogens is 3. The second kappa shape index (κ2) is 8.54. The zero-order valence-corrected chi connectivity index (χ0v) is 14.1. The average Bonchev–Trinajstić information content (AvgIpc) is 2.61. The van der Waals surface area contributed by atoms with Gasteiger partial charge in [0.05, 0.1) is 18.0 Å². The summed E-state index contributed by atoms with van der Waals surface area (Å²) in [6.07, 6.45) is 1.64. The predicted molar refractivity (Wildman–Crippen MR) is 91.5 cm³/mol. The molecule has 7 heteroatoms. The highest BCUT2D eigenvalue weighted by Crippen LogP contribution is 2.08. The SMILES string of the molecule is CC[C@H](C)[C@@H](CO)NC(=O)CCCn1nnc2ccccc2c1=O. The predicted octanol–water partition coefficient (Wildman–Crippen LogP) is 1.09. The number of aryl methyl sites for hydroxylation is 1.